The Hall–Kier alpha value is -4.04. The van der Waals surface area contributed by atoms with E-state index in [1.54, 1.807) is 17.2 Å². The van der Waals surface area contributed by atoms with Gasteiger partial charge in [0.2, 0.25) is 0 Å². The van der Waals surface area contributed by atoms with Crippen LogP contribution in [0.5, 0.6) is 6.01 Å². The first kappa shape index (κ1) is 32.2. The highest BCUT2D eigenvalue weighted by Crippen LogP contribution is 2.40. The number of amides is 1. The molecule has 2 aromatic heterocycles. The summed E-state index contributed by atoms with van der Waals surface area (Å²) in [5.41, 5.74) is 0.744. The van der Waals surface area contributed by atoms with Crippen LogP contribution in [0.1, 0.15) is 39.0 Å². The van der Waals surface area contributed by atoms with Crippen LogP contribution in [0, 0.1) is 23.1 Å². The molecular formula is C38H41ClFN7O2. The molecular weight excluding hydrogens is 641 g/mol. The lowest BCUT2D eigenvalue weighted by Crippen LogP contribution is -2.51. The van der Waals surface area contributed by atoms with E-state index in [-0.39, 0.29) is 40.1 Å². The van der Waals surface area contributed by atoms with Crippen LogP contribution < -0.4 is 9.64 Å². The minimum absolute atomic E-state index is 0.0225. The van der Waals surface area contributed by atoms with Gasteiger partial charge in [-0.25, -0.2) is 4.39 Å². The summed E-state index contributed by atoms with van der Waals surface area (Å²) in [6, 6.07) is 11.4. The molecule has 4 aliphatic heterocycles. The first-order valence-corrected chi connectivity index (χ1v) is 17.7. The molecule has 9 nitrogen and oxygen atoms in total. The number of carbonyl (C=O) groups is 1. The van der Waals surface area contributed by atoms with Gasteiger partial charge in [0.15, 0.2) is 5.82 Å². The van der Waals surface area contributed by atoms with E-state index < -0.39 is 5.82 Å². The van der Waals surface area contributed by atoms with Gasteiger partial charge in [-0.1, -0.05) is 47.9 Å². The zero-order chi connectivity index (χ0) is 33.9. The number of fused-ring (bicyclic) bond motifs is 3. The topological polar surface area (TPSA) is 77.9 Å². The molecule has 4 aliphatic rings. The number of pyridine rings is 1. The summed E-state index contributed by atoms with van der Waals surface area (Å²) in [5, 5.41) is 2.64. The lowest BCUT2D eigenvalue weighted by Gasteiger charge is -2.42. The molecule has 0 bridgehead atoms. The zero-order valence-electron chi connectivity index (χ0n) is 28.3. The zero-order valence-corrected chi connectivity index (χ0v) is 29.1. The van der Waals surface area contributed by atoms with E-state index in [4.69, 9.17) is 26.3 Å². The van der Waals surface area contributed by atoms with Crippen LogP contribution in [0.15, 0.2) is 42.6 Å². The summed E-state index contributed by atoms with van der Waals surface area (Å²) >= 11 is 6.64. The lowest BCUT2D eigenvalue weighted by molar-refractivity contribution is -0.124. The largest absolute Gasteiger partial charge is 0.461 e. The molecule has 254 valence electrons. The molecule has 4 saturated heterocycles. The monoisotopic (exact) mass is 681 g/mol. The fourth-order valence-electron chi connectivity index (χ4n) is 8.62. The van der Waals surface area contributed by atoms with Crippen molar-refractivity contribution in [1.29, 1.82) is 0 Å². The third-order valence-electron chi connectivity index (χ3n) is 11.1. The van der Waals surface area contributed by atoms with E-state index >= 15 is 4.39 Å². The van der Waals surface area contributed by atoms with Crippen molar-refractivity contribution >= 4 is 45.0 Å². The van der Waals surface area contributed by atoms with Crippen molar-refractivity contribution in [2.24, 2.45) is 5.41 Å². The summed E-state index contributed by atoms with van der Waals surface area (Å²) < 4.78 is 23.2. The Morgan fingerprint density at radius 2 is 1.88 bits per heavy atom. The van der Waals surface area contributed by atoms with Crippen LogP contribution in [0.25, 0.3) is 32.9 Å². The Bertz CT molecular complexity index is 2010. The maximum absolute atomic E-state index is 16.8. The Morgan fingerprint density at radius 1 is 1.12 bits per heavy atom. The average molecular weight is 682 g/mol. The number of nitrogens with zero attached hydrogens (tertiary/aromatic N) is 7. The van der Waals surface area contributed by atoms with Crippen LogP contribution in [-0.4, -0.2) is 107 Å². The van der Waals surface area contributed by atoms with Crippen molar-refractivity contribution < 1.29 is 13.9 Å². The second kappa shape index (κ2) is 12.4. The Morgan fingerprint density at radius 3 is 2.63 bits per heavy atom. The fraction of sp³-hybridized carbons (Fsp3) is 0.474. The molecule has 8 rings (SSSR count). The quantitative estimate of drug-likeness (QED) is 0.242. The summed E-state index contributed by atoms with van der Waals surface area (Å²) in [7, 11) is 3.99. The Labute approximate surface area is 291 Å². The number of aromatic nitrogens is 3. The third kappa shape index (κ3) is 5.76. The second-order valence-corrected chi connectivity index (χ2v) is 15.1. The van der Waals surface area contributed by atoms with Crippen molar-refractivity contribution in [2.75, 3.05) is 64.9 Å². The van der Waals surface area contributed by atoms with Gasteiger partial charge < -0.3 is 19.4 Å². The number of halogens is 2. The van der Waals surface area contributed by atoms with Gasteiger partial charge in [0.1, 0.15) is 23.6 Å². The van der Waals surface area contributed by atoms with Gasteiger partial charge in [0, 0.05) is 61.4 Å². The van der Waals surface area contributed by atoms with Crippen LogP contribution in [0.2, 0.25) is 5.02 Å². The molecule has 0 N–H and O–H groups in total. The first-order chi connectivity index (χ1) is 23.6. The van der Waals surface area contributed by atoms with Gasteiger partial charge in [-0.2, -0.15) is 9.97 Å². The number of likely N-dealkylation sites (N-methyl/N-ethyl adjacent to an activating group) is 1. The van der Waals surface area contributed by atoms with Gasteiger partial charge >= 0.3 is 6.01 Å². The normalized spacial score (nSPS) is 21.4. The van der Waals surface area contributed by atoms with Gasteiger partial charge in [0.05, 0.1) is 16.3 Å². The highest BCUT2D eigenvalue weighted by Gasteiger charge is 2.45. The third-order valence-corrected chi connectivity index (χ3v) is 11.4. The molecule has 4 aromatic rings. The van der Waals surface area contributed by atoms with Crippen LogP contribution in [-0.2, 0) is 4.79 Å². The fourth-order valence-corrected chi connectivity index (χ4v) is 8.90. The van der Waals surface area contributed by atoms with Gasteiger partial charge in [-0.3, -0.25) is 14.7 Å². The molecule has 0 radical (unpaired) electrons. The van der Waals surface area contributed by atoms with Gasteiger partial charge in [0.25, 0.3) is 5.91 Å². The molecule has 2 aromatic carbocycles. The number of benzene rings is 2. The SMILES string of the molecule is CN1CC(C)(C#CC(=O)N2CCC(N(C)c3nc(OCC45CCCN4CCC5)nc4c(F)c(-c5cccc6cccc(Cl)c56)ncc34)C2)C1. The van der Waals surface area contributed by atoms with Crippen LogP contribution >= 0.6 is 11.6 Å². The standard InChI is InChI=1S/C38H41ClFN7O2/c1-37(22-44(2)23-37)16-12-30(48)46-19-13-26(21-46)45(3)35-28-20-41-33(27-10-4-8-25-9-5-11-29(39)31(25)27)32(40)34(28)42-36(43-35)49-24-38-14-6-17-47(38)18-7-15-38/h4-5,8-11,20,26H,6-7,13-15,17-19,21-24H2,1-3H3. The van der Waals surface area contributed by atoms with Gasteiger partial charge in [-0.05, 0) is 76.5 Å². The molecule has 1 atom stereocenters. The molecule has 6 heterocycles. The molecule has 1 unspecified atom stereocenters. The molecule has 1 amide bonds. The minimum Gasteiger partial charge on any atom is -0.461 e. The Kier molecular flexibility index (Phi) is 8.13. The first-order valence-electron chi connectivity index (χ1n) is 17.3. The van der Waals surface area contributed by atoms with Crippen LogP contribution in [0.3, 0.4) is 0 Å². The van der Waals surface area contributed by atoms with Crippen molar-refractivity contribution in [2.45, 2.75) is 50.6 Å². The Balaban J connectivity index is 1.14. The molecule has 4 fully saturated rings. The van der Waals surface area contributed by atoms with E-state index in [1.807, 2.05) is 42.3 Å². The number of carbonyl (C=O) groups excluding carboxylic acids is 1. The summed E-state index contributed by atoms with van der Waals surface area (Å²) in [6.07, 6.45) is 6.80. The smallest absolute Gasteiger partial charge is 0.319 e. The number of likely N-dealkylation sites (tertiary alicyclic amines) is 2. The minimum atomic E-state index is -0.554. The maximum Gasteiger partial charge on any atom is 0.319 e. The molecule has 0 saturated carbocycles. The van der Waals surface area contributed by atoms with Crippen molar-refractivity contribution in [3.8, 4) is 29.1 Å². The molecule has 0 spiro atoms. The molecule has 0 aliphatic carbocycles. The van der Waals surface area contributed by atoms with Crippen molar-refractivity contribution in [3.05, 3.63) is 53.4 Å². The van der Waals surface area contributed by atoms with E-state index in [1.165, 1.54) is 0 Å². The van der Waals surface area contributed by atoms with Crippen LogP contribution in [0.4, 0.5) is 10.2 Å². The highest BCUT2D eigenvalue weighted by molar-refractivity contribution is 6.36. The molecule has 49 heavy (non-hydrogen) atoms. The predicted octanol–water partition coefficient (Wildman–Crippen LogP) is 5.64. The molecule has 11 heteroatoms. The number of ether oxygens (including phenoxy) is 1. The second-order valence-electron chi connectivity index (χ2n) is 14.7. The van der Waals surface area contributed by atoms with E-state index in [2.05, 4.69) is 40.6 Å². The summed E-state index contributed by atoms with van der Waals surface area (Å²) in [6.45, 7) is 7.50. The number of rotatable bonds is 6. The lowest BCUT2D eigenvalue weighted by atomic mass is 9.83. The van der Waals surface area contributed by atoms with Crippen molar-refractivity contribution in [1.82, 2.24) is 29.7 Å². The van der Waals surface area contributed by atoms with E-state index in [9.17, 15) is 4.79 Å². The average Bonchev–Trinajstić information content (AvgIpc) is 3.82. The number of anilines is 1. The maximum atomic E-state index is 16.8. The van der Waals surface area contributed by atoms with Crippen molar-refractivity contribution in [3.63, 3.8) is 0 Å². The summed E-state index contributed by atoms with van der Waals surface area (Å²) in [4.78, 5) is 35.9. The van der Waals surface area contributed by atoms with Gasteiger partial charge in [-0.15, -0.1) is 0 Å². The van der Waals surface area contributed by atoms with E-state index in [0.29, 0.717) is 41.5 Å². The van der Waals surface area contributed by atoms with E-state index in [0.717, 1.165) is 69.1 Å². The highest BCUT2D eigenvalue weighted by atomic mass is 35.5. The number of hydrogen-bond acceptors (Lipinski definition) is 8. The number of hydrogen-bond donors (Lipinski definition) is 0. The summed E-state index contributed by atoms with van der Waals surface area (Å²) in [5.74, 6) is 5.92. The predicted molar refractivity (Wildman–Crippen MR) is 190 cm³/mol.